The van der Waals surface area contributed by atoms with Gasteiger partial charge in [-0.15, -0.1) is 0 Å². The summed E-state index contributed by atoms with van der Waals surface area (Å²) in [6.07, 6.45) is 2.31. The second-order valence-electron chi connectivity index (χ2n) is 3.58. The molecule has 0 amide bonds. The number of nitrogens with one attached hydrogen (secondary N) is 3. The number of para-hydroxylation sites is 1. The summed E-state index contributed by atoms with van der Waals surface area (Å²) in [5, 5.41) is 10.3. The summed E-state index contributed by atoms with van der Waals surface area (Å²) in [5.74, 6) is 0.387. The molecule has 5 nitrogen and oxygen atoms in total. The van der Waals surface area contributed by atoms with Crippen molar-refractivity contribution >= 4 is 17.7 Å². The van der Waals surface area contributed by atoms with E-state index < -0.39 is 0 Å². The Balaban J connectivity index is 2.44. The fourth-order valence-corrected chi connectivity index (χ4v) is 1.48. The van der Waals surface area contributed by atoms with Crippen LogP contribution in [0.25, 0.3) is 0 Å². The number of nitrogens with zero attached hydrogens (tertiary/aromatic N) is 1. The number of H-pyrrole nitrogens is 1. The van der Waals surface area contributed by atoms with Crippen molar-refractivity contribution in [3.63, 3.8) is 0 Å². The molecule has 86 valence electrons. The highest BCUT2D eigenvalue weighted by molar-refractivity contribution is 5.85. The van der Waals surface area contributed by atoms with Crippen LogP contribution >= 0.6 is 0 Å². The summed E-state index contributed by atoms with van der Waals surface area (Å²) in [6, 6.07) is 7.68. The molecule has 0 aliphatic rings. The predicted octanol–water partition coefficient (Wildman–Crippen LogP) is 1.82. The molecule has 17 heavy (non-hydrogen) atoms. The van der Waals surface area contributed by atoms with E-state index in [9.17, 15) is 4.79 Å². The van der Waals surface area contributed by atoms with E-state index in [0.29, 0.717) is 5.82 Å². The Morgan fingerprint density at radius 3 is 2.88 bits per heavy atom. The van der Waals surface area contributed by atoms with Gasteiger partial charge in [-0.2, -0.15) is 0 Å². The zero-order valence-electron chi connectivity index (χ0n) is 9.32. The van der Waals surface area contributed by atoms with Gasteiger partial charge in [-0.3, -0.25) is 4.79 Å². The predicted molar refractivity (Wildman–Crippen MR) is 67.2 cm³/mol. The second-order valence-corrected chi connectivity index (χ2v) is 3.58. The molecule has 0 fully saturated rings. The molecule has 0 unspecified atom stereocenters. The van der Waals surface area contributed by atoms with Crippen LogP contribution in [0.15, 0.2) is 35.4 Å². The molecule has 0 radical (unpaired) electrons. The quantitative estimate of drug-likeness (QED) is 0.701. The lowest BCUT2D eigenvalue weighted by Crippen LogP contribution is -2.15. The van der Waals surface area contributed by atoms with E-state index in [4.69, 9.17) is 5.41 Å². The average Bonchev–Trinajstić information content (AvgIpc) is 2.32. The summed E-state index contributed by atoms with van der Waals surface area (Å²) in [5.41, 5.74) is 1.81. The number of rotatable bonds is 3. The van der Waals surface area contributed by atoms with Gasteiger partial charge >= 0.3 is 0 Å². The first kappa shape index (κ1) is 11.1. The van der Waals surface area contributed by atoms with Gasteiger partial charge in [0.15, 0.2) is 0 Å². The van der Waals surface area contributed by atoms with Gasteiger partial charge in [0.25, 0.3) is 5.56 Å². The van der Waals surface area contributed by atoms with Gasteiger partial charge in [-0.25, -0.2) is 4.98 Å². The van der Waals surface area contributed by atoms with Crippen molar-refractivity contribution in [2.75, 3.05) is 5.32 Å². The molecule has 0 bridgehead atoms. The van der Waals surface area contributed by atoms with E-state index >= 15 is 0 Å². The molecule has 0 saturated carbocycles. The molecule has 0 aliphatic heterocycles. The Morgan fingerprint density at radius 2 is 2.18 bits per heavy atom. The van der Waals surface area contributed by atoms with Crippen molar-refractivity contribution < 1.29 is 0 Å². The van der Waals surface area contributed by atoms with E-state index in [2.05, 4.69) is 15.3 Å². The minimum Gasteiger partial charge on any atom is -0.339 e. The second kappa shape index (κ2) is 4.61. The van der Waals surface area contributed by atoms with E-state index in [1.54, 1.807) is 0 Å². The van der Waals surface area contributed by atoms with E-state index in [1.807, 2.05) is 31.2 Å². The third kappa shape index (κ3) is 2.23. The monoisotopic (exact) mass is 228 g/mol. The average molecular weight is 228 g/mol. The Bertz CT molecular complexity index is 603. The molecule has 1 heterocycles. The van der Waals surface area contributed by atoms with Crippen LogP contribution in [-0.2, 0) is 0 Å². The fourth-order valence-electron chi connectivity index (χ4n) is 1.48. The number of aryl methyl sites for hydroxylation is 1. The van der Waals surface area contributed by atoms with Gasteiger partial charge < -0.3 is 15.7 Å². The molecular formula is C12H12N4O. The lowest BCUT2D eigenvalue weighted by Gasteiger charge is -2.09. The summed E-state index contributed by atoms with van der Waals surface area (Å²) in [4.78, 5) is 17.9. The SMILES string of the molecule is Cc1ccccc1Nc1nc[nH]c(=O)c1C=N. The van der Waals surface area contributed by atoms with Crippen molar-refractivity contribution in [2.45, 2.75) is 6.92 Å². The number of benzene rings is 1. The van der Waals surface area contributed by atoms with Gasteiger partial charge in [0.1, 0.15) is 5.82 Å². The zero-order valence-corrected chi connectivity index (χ0v) is 9.32. The summed E-state index contributed by atoms with van der Waals surface area (Å²) >= 11 is 0. The van der Waals surface area contributed by atoms with E-state index in [1.165, 1.54) is 6.33 Å². The van der Waals surface area contributed by atoms with Gasteiger partial charge in [-0.1, -0.05) is 18.2 Å². The molecule has 5 heteroatoms. The maximum Gasteiger partial charge on any atom is 0.261 e. The van der Waals surface area contributed by atoms with Crippen molar-refractivity contribution in [2.24, 2.45) is 0 Å². The third-order valence-corrected chi connectivity index (χ3v) is 2.43. The van der Waals surface area contributed by atoms with Gasteiger partial charge in [0.05, 0.1) is 11.9 Å². The fraction of sp³-hybridized carbons (Fsp3) is 0.0833. The molecule has 2 rings (SSSR count). The van der Waals surface area contributed by atoms with Crippen LogP contribution in [-0.4, -0.2) is 16.2 Å². The lowest BCUT2D eigenvalue weighted by atomic mass is 10.2. The van der Waals surface area contributed by atoms with Crippen LogP contribution in [0.1, 0.15) is 11.1 Å². The van der Waals surface area contributed by atoms with Crippen LogP contribution < -0.4 is 10.9 Å². The maximum absolute atomic E-state index is 11.5. The first-order valence-electron chi connectivity index (χ1n) is 5.13. The number of aromatic nitrogens is 2. The Kier molecular flexibility index (Phi) is 3.00. The van der Waals surface area contributed by atoms with Gasteiger partial charge in [0, 0.05) is 11.9 Å². The van der Waals surface area contributed by atoms with Crippen LogP contribution in [0.5, 0.6) is 0 Å². The summed E-state index contributed by atoms with van der Waals surface area (Å²) < 4.78 is 0. The molecule has 0 saturated heterocycles. The molecular weight excluding hydrogens is 216 g/mol. The zero-order chi connectivity index (χ0) is 12.3. The number of hydrogen-bond acceptors (Lipinski definition) is 4. The number of aromatic amines is 1. The van der Waals surface area contributed by atoms with Crippen molar-refractivity contribution in [1.82, 2.24) is 9.97 Å². The minimum absolute atomic E-state index is 0.218. The summed E-state index contributed by atoms with van der Waals surface area (Å²) in [6.45, 7) is 1.96. The van der Waals surface area contributed by atoms with Gasteiger partial charge in [0.2, 0.25) is 0 Å². The number of anilines is 2. The first-order chi connectivity index (χ1) is 8.22. The smallest absolute Gasteiger partial charge is 0.261 e. The Morgan fingerprint density at radius 1 is 1.41 bits per heavy atom. The molecule has 0 aliphatic carbocycles. The highest BCUT2D eigenvalue weighted by atomic mass is 16.1. The summed E-state index contributed by atoms with van der Waals surface area (Å²) in [7, 11) is 0. The largest absolute Gasteiger partial charge is 0.339 e. The topological polar surface area (TPSA) is 81.6 Å². The standard InChI is InChI=1S/C12H12N4O/c1-8-4-2-3-5-10(8)16-11-9(6-13)12(17)15-7-14-11/h2-7,13H,1H3,(H2,14,15,16,17). The van der Waals surface area contributed by atoms with Gasteiger partial charge in [-0.05, 0) is 18.6 Å². The molecule has 1 aromatic heterocycles. The normalized spacial score (nSPS) is 9.94. The third-order valence-electron chi connectivity index (χ3n) is 2.43. The van der Waals surface area contributed by atoms with Crippen LogP contribution in [0.2, 0.25) is 0 Å². The minimum atomic E-state index is -0.328. The first-order valence-corrected chi connectivity index (χ1v) is 5.13. The van der Waals surface area contributed by atoms with Crippen LogP contribution in [0.3, 0.4) is 0 Å². The lowest BCUT2D eigenvalue weighted by molar-refractivity contribution is 1.11. The molecule has 0 atom stereocenters. The van der Waals surface area contributed by atoms with Crippen LogP contribution in [0, 0.1) is 12.3 Å². The Hall–Kier alpha value is -2.43. The van der Waals surface area contributed by atoms with Crippen molar-refractivity contribution in [3.8, 4) is 0 Å². The number of hydrogen-bond donors (Lipinski definition) is 3. The van der Waals surface area contributed by atoms with E-state index in [-0.39, 0.29) is 11.1 Å². The Labute approximate surface area is 98.1 Å². The van der Waals surface area contributed by atoms with Crippen molar-refractivity contribution in [1.29, 1.82) is 5.41 Å². The molecule has 0 spiro atoms. The molecule has 3 N–H and O–H groups in total. The van der Waals surface area contributed by atoms with Crippen LogP contribution in [0.4, 0.5) is 11.5 Å². The maximum atomic E-state index is 11.5. The van der Waals surface area contributed by atoms with Crippen molar-refractivity contribution in [3.05, 3.63) is 52.1 Å². The highest BCUT2D eigenvalue weighted by Crippen LogP contribution is 2.18. The highest BCUT2D eigenvalue weighted by Gasteiger charge is 2.06. The van der Waals surface area contributed by atoms with E-state index in [0.717, 1.165) is 17.5 Å². The molecule has 1 aromatic carbocycles. The molecule has 2 aromatic rings.